The van der Waals surface area contributed by atoms with E-state index in [4.69, 9.17) is 14.2 Å². The summed E-state index contributed by atoms with van der Waals surface area (Å²) in [5.41, 5.74) is 4.62. The third-order valence-electron chi connectivity index (χ3n) is 7.45. The number of pyridine rings is 1. The number of nitrogens with zero attached hydrogens (tertiary/aromatic N) is 5. The van der Waals surface area contributed by atoms with Gasteiger partial charge in [0.15, 0.2) is 17.3 Å². The number of methoxy groups -OCH3 is 1. The average molecular weight is 553 g/mol. The Labute approximate surface area is 237 Å². The Morgan fingerprint density at radius 2 is 1.80 bits per heavy atom. The maximum atomic E-state index is 13.2. The second kappa shape index (κ2) is 11.4. The molecule has 0 amide bonds. The lowest BCUT2D eigenvalue weighted by Gasteiger charge is -2.30. The highest BCUT2D eigenvalue weighted by molar-refractivity contribution is 5.79. The number of hydrogen-bond acceptors (Lipinski definition) is 8. The molecule has 0 aliphatic carbocycles. The molecular weight excluding hydrogens is 520 g/mol. The van der Waals surface area contributed by atoms with Gasteiger partial charge in [0, 0.05) is 24.2 Å². The standard InChI is InChI=1S/C31H32N6O4/c1-4-27(30-33-34-35-37(30)17-21-6-9-25(39-3)10-7-21)36(16-22-8-12-28-29(14-22)41-19-40-28)18-24-15-23-13-20(2)5-11-26(23)32-31(24)38/h5-15,27H,4,16-19H2,1-3H3,(H,32,38). The molecular formula is C31H32N6O4. The van der Waals surface area contributed by atoms with E-state index in [9.17, 15) is 4.79 Å². The summed E-state index contributed by atoms with van der Waals surface area (Å²) in [6.07, 6.45) is 0.734. The number of aryl methyl sites for hydroxylation is 1. The van der Waals surface area contributed by atoms with Crippen molar-refractivity contribution < 1.29 is 14.2 Å². The van der Waals surface area contributed by atoms with Crippen molar-refractivity contribution in [1.29, 1.82) is 0 Å². The predicted octanol–water partition coefficient (Wildman–Crippen LogP) is 4.76. The first-order valence-electron chi connectivity index (χ1n) is 13.6. The van der Waals surface area contributed by atoms with Crippen LogP contribution in [-0.2, 0) is 19.6 Å². The van der Waals surface area contributed by atoms with E-state index in [0.29, 0.717) is 25.2 Å². The van der Waals surface area contributed by atoms with Gasteiger partial charge in [0.05, 0.1) is 19.7 Å². The molecule has 41 heavy (non-hydrogen) atoms. The summed E-state index contributed by atoms with van der Waals surface area (Å²) in [6, 6.07) is 21.7. The summed E-state index contributed by atoms with van der Waals surface area (Å²) in [7, 11) is 1.65. The smallest absolute Gasteiger partial charge is 0.252 e. The Morgan fingerprint density at radius 1 is 1.00 bits per heavy atom. The molecule has 0 saturated heterocycles. The lowest BCUT2D eigenvalue weighted by Crippen LogP contribution is -2.32. The number of aromatic nitrogens is 5. The summed E-state index contributed by atoms with van der Waals surface area (Å²) < 4.78 is 18.3. The minimum absolute atomic E-state index is 0.107. The fourth-order valence-electron chi connectivity index (χ4n) is 5.33. The van der Waals surface area contributed by atoms with E-state index in [0.717, 1.165) is 57.1 Å². The Hall–Kier alpha value is -4.70. The van der Waals surface area contributed by atoms with E-state index in [1.54, 1.807) is 7.11 Å². The molecule has 0 fully saturated rings. The highest BCUT2D eigenvalue weighted by atomic mass is 16.7. The number of rotatable bonds is 10. The van der Waals surface area contributed by atoms with Crippen molar-refractivity contribution in [2.24, 2.45) is 0 Å². The molecule has 2 aromatic heterocycles. The van der Waals surface area contributed by atoms with E-state index in [1.807, 2.05) is 72.3 Å². The van der Waals surface area contributed by atoms with Crippen LogP contribution in [-0.4, -0.2) is 44.0 Å². The minimum atomic E-state index is -0.165. The lowest BCUT2D eigenvalue weighted by atomic mass is 10.1. The normalized spacial score (nSPS) is 13.2. The van der Waals surface area contributed by atoms with Gasteiger partial charge in [-0.1, -0.05) is 36.8 Å². The van der Waals surface area contributed by atoms with Crippen molar-refractivity contribution in [1.82, 2.24) is 30.1 Å². The van der Waals surface area contributed by atoms with Gasteiger partial charge in [0.25, 0.3) is 5.56 Å². The molecule has 0 bridgehead atoms. The van der Waals surface area contributed by atoms with Crippen molar-refractivity contribution in [3.8, 4) is 17.2 Å². The number of benzene rings is 3. The maximum absolute atomic E-state index is 13.2. The molecule has 10 heteroatoms. The zero-order valence-electron chi connectivity index (χ0n) is 23.3. The fraction of sp³-hybridized carbons (Fsp3) is 0.290. The number of ether oxygens (including phenoxy) is 3. The van der Waals surface area contributed by atoms with Crippen LogP contribution in [0.3, 0.4) is 0 Å². The van der Waals surface area contributed by atoms with Crippen LogP contribution in [0.15, 0.2) is 71.5 Å². The Balaban J connectivity index is 1.36. The van der Waals surface area contributed by atoms with E-state index >= 15 is 0 Å². The zero-order chi connectivity index (χ0) is 28.3. The Bertz CT molecular complexity index is 1730. The van der Waals surface area contributed by atoms with E-state index in [1.165, 1.54) is 0 Å². The topological polar surface area (TPSA) is 107 Å². The summed E-state index contributed by atoms with van der Waals surface area (Å²) >= 11 is 0. The quantitative estimate of drug-likeness (QED) is 0.264. The molecule has 210 valence electrons. The monoisotopic (exact) mass is 552 g/mol. The van der Waals surface area contributed by atoms with Crippen molar-refractivity contribution in [2.75, 3.05) is 13.9 Å². The molecule has 3 aromatic carbocycles. The minimum Gasteiger partial charge on any atom is -0.497 e. The van der Waals surface area contributed by atoms with Gasteiger partial charge in [-0.25, -0.2) is 4.68 Å². The molecule has 1 aliphatic heterocycles. The summed E-state index contributed by atoms with van der Waals surface area (Å²) in [4.78, 5) is 18.6. The van der Waals surface area contributed by atoms with Crippen LogP contribution in [0.5, 0.6) is 17.2 Å². The van der Waals surface area contributed by atoms with Crippen molar-refractivity contribution in [3.63, 3.8) is 0 Å². The molecule has 0 radical (unpaired) electrons. The van der Waals surface area contributed by atoms with Gasteiger partial charge in [0.2, 0.25) is 6.79 Å². The first-order chi connectivity index (χ1) is 20.0. The summed E-state index contributed by atoms with van der Waals surface area (Å²) in [5, 5.41) is 13.8. The molecule has 1 atom stereocenters. The highest BCUT2D eigenvalue weighted by Gasteiger charge is 2.27. The second-order valence-corrected chi connectivity index (χ2v) is 10.3. The third-order valence-corrected chi connectivity index (χ3v) is 7.45. The van der Waals surface area contributed by atoms with Crippen molar-refractivity contribution >= 4 is 10.9 Å². The van der Waals surface area contributed by atoms with Gasteiger partial charge in [-0.05, 0) is 82.7 Å². The number of nitrogens with one attached hydrogen (secondary N) is 1. The largest absolute Gasteiger partial charge is 0.497 e. The average Bonchev–Trinajstić information content (AvgIpc) is 3.64. The van der Waals surface area contributed by atoms with Crippen LogP contribution >= 0.6 is 0 Å². The molecule has 10 nitrogen and oxygen atoms in total. The molecule has 1 unspecified atom stereocenters. The second-order valence-electron chi connectivity index (χ2n) is 10.3. The van der Waals surface area contributed by atoms with Crippen LogP contribution in [0.4, 0.5) is 0 Å². The zero-order valence-corrected chi connectivity index (χ0v) is 23.3. The molecule has 0 saturated carbocycles. The van der Waals surface area contributed by atoms with Crippen LogP contribution < -0.4 is 19.8 Å². The molecule has 1 aliphatic rings. The number of fused-ring (bicyclic) bond motifs is 2. The number of aromatic amines is 1. The molecule has 6 rings (SSSR count). The molecule has 5 aromatic rings. The molecule has 0 spiro atoms. The highest BCUT2D eigenvalue weighted by Crippen LogP contribution is 2.34. The SMILES string of the molecule is CCC(c1nnnn1Cc1ccc(OC)cc1)N(Cc1ccc2c(c1)OCO2)Cc1cc2cc(C)ccc2[nH]c1=O. The predicted molar refractivity (Wildman–Crippen MR) is 154 cm³/mol. The van der Waals surface area contributed by atoms with Crippen LogP contribution in [0, 0.1) is 6.92 Å². The molecule has 3 heterocycles. The van der Waals surface area contributed by atoms with Crippen LogP contribution in [0.25, 0.3) is 10.9 Å². The van der Waals surface area contributed by atoms with Gasteiger partial charge < -0.3 is 19.2 Å². The van der Waals surface area contributed by atoms with E-state index in [2.05, 4.69) is 38.4 Å². The van der Waals surface area contributed by atoms with E-state index < -0.39 is 0 Å². The first kappa shape index (κ1) is 26.5. The lowest BCUT2D eigenvalue weighted by molar-refractivity contribution is 0.161. The fourth-order valence-corrected chi connectivity index (χ4v) is 5.33. The summed E-state index contributed by atoms with van der Waals surface area (Å²) in [5.74, 6) is 2.98. The van der Waals surface area contributed by atoms with Crippen LogP contribution in [0.2, 0.25) is 0 Å². The van der Waals surface area contributed by atoms with Gasteiger partial charge in [-0.15, -0.1) is 5.10 Å². The van der Waals surface area contributed by atoms with Gasteiger partial charge in [-0.3, -0.25) is 9.69 Å². The summed E-state index contributed by atoms with van der Waals surface area (Å²) in [6.45, 7) is 5.84. The Morgan fingerprint density at radius 3 is 2.61 bits per heavy atom. The maximum Gasteiger partial charge on any atom is 0.252 e. The number of tetrazole rings is 1. The first-order valence-corrected chi connectivity index (χ1v) is 13.6. The van der Waals surface area contributed by atoms with Gasteiger partial charge in [-0.2, -0.15) is 0 Å². The van der Waals surface area contributed by atoms with E-state index in [-0.39, 0.29) is 18.4 Å². The van der Waals surface area contributed by atoms with Gasteiger partial charge >= 0.3 is 0 Å². The van der Waals surface area contributed by atoms with Crippen molar-refractivity contribution in [3.05, 3.63) is 105 Å². The number of hydrogen-bond donors (Lipinski definition) is 1. The van der Waals surface area contributed by atoms with Crippen LogP contribution in [0.1, 0.15) is 47.5 Å². The molecule has 1 N–H and O–H groups in total. The van der Waals surface area contributed by atoms with Crippen molar-refractivity contribution in [2.45, 2.75) is 45.9 Å². The Kier molecular flexibility index (Phi) is 7.39. The third kappa shape index (κ3) is 5.64. The number of H-pyrrole nitrogens is 1. The van der Waals surface area contributed by atoms with Gasteiger partial charge in [0.1, 0.15) is 5.75 Å².